The SMILES string of the molecule is O=C(O)CCC[C@@](O)(CC(=O)O)C(=O)O. The van der Waals surface area contributed by atoms with Gasteiger partial charge in [-0.2, -0.15) is 0 Å². The molecule has 0 spiro atoms. The fraction of sp³-hybridized carbons (Fsp3) is 0.625. The highest BCUT2D eigenvalue weighted by molar-refractivity contribution is 5.83. The van der Waals surface area contributed by atoms with Crippen molar-refractivity contribution in [1.29, 1.82) is 0 Å². The van der Waals surface area contributed by atoms with Crippen LogP contribution in [0.3, 0.4) is 0 Å². The normalized spacial score (nSPS) is 14.2. The molecule has 0 aromatic rings. The molecule has 0 rings (SSSR count). The minimum atomic E-state index is -2.39. The zero-order valence-corrected chi connectivity index (χ0v) is 7.84. The number of carbonyl (C=O) groups is 3. The molecule has 0 aliphatic carbocycles. The first kappa shape index (κ1) is 13.4. The highest BCUT2D eigenvalue weighted by Gasteiger charge is 2.37. The van der Waals surface area contributed by atoms with Gasteiger partial charge in [0, 0.05) is 6.42 Å². The van der Waals surface area contributed by atoms with E-state index in [1.165, 1.54) is 0 Å². The van der Waals surface area contributed by atoms with E-state index < -0.39 is 36.4 Å². The fourth-order valence-electron chi connectivity index (χ4n) is 1.05. The van der Waals surface area contributed by atoms with E-state index in [1.54, 1.807) is 0 Å². The molecule has 0 bridgehead atoms. The van der Waals surface area contributed by atoms with E-state index in [4.69, 9.17) is 15.3 Å². The Morgan fingerprint density at radius 1 is 1.00 bits per heavy atom. The van der Waals surface area contributed by atoms with Crippen LogP contribution in [0.1, 0.15) is 25.7 Å². The van der Waals surface area contributed by atoms with E-state index in [9.17, 15) is 19.5 Å². The van der Waals surface area contributed by atoms with Crippen molar-refractivity contribution < 1.29 is 34.8 Å². The Morgan fingerprint density at radius 3 is 1.87 bits per heavy atom. The maximum atomic E-state index is 10.6. The average molecular weight is 220 g/mol. The molecule has 0 saturated heterocycles. The molecular weight excluding hydrogens is 208 g/mol. The smallest absolute Gasteiger partial charge is 0.336 e. The molecule has 1 atom stereocenters. The Morgan fingerprint density at radius 2 is 1.53 bits per heavy atom. The van der Waals surface area contributed by atoms with Crippen LogP contribution in [-0.2, 0) is 14.4 Å². The lowest BCUT2D eigenvalue weighted by Gasteiger charge is -2.20. The van der Waals surface area contributed by atoms with Crippen molar-refractivity contribution in [2.45, 2.75) is 31.3 Å². The van der Waals surface area contributed by atoms with Crippen LogP contribution in [0.15, 0.2) is 0 Å². The second kappa shape index (κ2) is 5.30. The number of aliphatic hydroxyl groups is 1. The van der Waals surface area contributed by atoms with Gasteiger partial charge in [0.1, 0.15) is 0 Å². The highest BCUT2D eigenvalue weighted by atomic mass is 16.4. The quantitative estimate of drug-likeness (QED) is 0.456. The lowest BCUT2D eigenvalue weighted by molar-refractivity contribution is -0.166. The molecule has 15 heavy (non-hydrogen) atoms. The van der Waals surface area contributed by atoms with Gasteiger partial charge in [-0.1, -0.05) is 0 Å². The predicted octanol–water partition coefficient (Wildman–Crippen LogP) is -0.468. The summed E-state index contributed by atoms with van der Waals surface area (Å²) in [7, 11) is 0. The average Bonchev–Trinajstić information content (AvgIpc) is 2.01. The molecule has 0 aromatic heterocycles. The Labute approximate surface area is 85.0 Å². The molecule has 0 aliphatic rings. The van der Waals surface area contributed by atoms with Crippen molar-refractivity contribution in [3.63, 3.8) is 0 Å². The van der Waals surface area contributed by atoms with Gasteiger partial charge in [0.25, 0.3) is 0 Å². The van der Waals surface area contributed by atoms with E-state index in [-0.39, 0.29) is 12.8 Å². The molecular formula is C8H12O7. The van der Waals surface area contributed by atoms with Crippen LogP contribution in [0.4, 0.5) is 0 Å². The van der Waals surface area contributed by atoms with Gasteiger partial charge in [0.15, 0.2) is 5.60 Å². The highest BCUT2D eigenvalue weighted by Crippen LogP contribution is 2.19. The van der Waals surface area contributed by atoms with E-state index in [2.05, 4.69) is 0 Å². The first-order chi connectivity index (χ1) is 6.78. The summed E-state index contributed by atoms with van der Waals surface area (Å²) in [6.07, 6.45) is -1.75. The standard InChI is InChI=1S/C8H12O7/c9-5(10)2-1-3-8(15,7(13)14)4-6(11)12/h15H,1-4H2,(H,9,10)(H,11,12)(H,13,14)/t8-/m1/s1. The Kier molecular flexibility index (Phi) is 4.72. The van der Waals surface area contributed by atoms with Crippen LogP contribution < -0.4 is 0 Å². The number of hydrogen-bond acceptors (Lipinski definition) is 4. The number of rotatable bonds is 7. The van der Waals surface area contributed by atoms with Gasteiger partial charge in [0.2, 0.25) is 0 Å². The second-order valence-electron chi connectivity index (χ2n) is 3.15. The number of hydrogen-bond donors (Lipinski definition) is 4. The number of carboxylic acids is 3. The van der Waals surface area contributed by atoms with Crippen molar-refractivity contribution in [3.05, 3.63) is 0 Å². The number of carboxylic acid groups (broad SMARTS) is 3. The monoisotopic (exact) mass is 220 g/mol. The van der Waals surface area contributed by atoms with E-state index in [0.717, 1.165) is 0 Å². The van der Waals surface area contributed by atoms with Crippen LogP contribution >= 0.6 is 0 Å². The number of aliphatic carboxylic acids is 3. The maximum Gasteiger partial charge on any atom is 0.336 e. The molecule has 0 fully saturated rings. The Balaban J connectivity index is 4.32. The van der Waals surface area contributed by atoms with Crippen molar-refractivity contribution in [2.75, 3.05) is 0 Å². The van der Waals surface area contributed by atoms with E-state index in [0.29, 0.717) is 0 Å². The topological polar surface area (TPSA) is 132 Å². The Hall–Kier alpha value is -1.63. The van der Waals surface area contributed by atoms with Gasteiger partial charge >= 0.3 is 17.9 Å². The van der Waals surface area contributed by atoms with Gasteiger partial charge in [-0.3, -0.25) is 9.59 Å². The van der Waals surface area contributed by atoms with Crippen molar-refractivity contribution in [2.24, 2.45) is 0 Å². The summed E-state index contributed by atoms with van der Waals surface area (Å²) in [6.45, 7) is 0. The third-order valence-corrected chi connectivity index (χ3v) is 1.82. The molecule has 7 heteroatoms. The molecule has 0 aromatic carbocycles. The first-order valence-electron chi connectivity index (χ1n) is 4.17. The largest absolute Gasteiger partial charge is 0.481 e. The lowest BCUT2D eigenvalue weighted by atomic mass is 9.93. The van der Waals surface area contributed by atoms with Crippen molar-refractivity contribution in [1.82, 2.24) is 0 Å². The van der Waals surface area contributed by atoms with Crippen LogP contribution in [0.2, 0.25) is 0 Å². The summed E-state index contributed by atoms with van der Waals surface area (Å²) in [4.78, 5) is 31.0. The molecule has 0 heterocycles. The summed E-state index contributed by atoms with van der Waals surface area (Å²) in [6, 6.07) is 0. The zero-order chi connectivity index (χ0) is 12.1. The zero-order valence-electron chi connectivity index (χ0n) is 7.84. The lowest BCUT2D eigenvalue weighted by Crippen LogP contribution is -2.40. The van der Waals surface area contributed by atoms with Crippen LogP contribution in [0.25, 0.3) is 0 Å². The molecule has 0 amide bonds. The third kappa shape index (κ3) is 4.96. The summed E-state index contributed by atoms with van der Waals surface area (Å²) in [5, 5.41) is 34.6. The van der Waals surface area contributed by atoms with E-state index in [1.807, 2.05) is 0 Å². The summed E-state index contributed by atoms with van der Waals surface area (Å²) >= 11 is 0. The van der Waals surface area contributed by atoms with Gasteiger partial charge in [0.05, 0.1) is 6.42 Å². The van der Waals surface area contributed by atoms with E-state index >= 15 is 0 Å². The minimum Gasteiger partial charge on any atom is -0.481 e. The van der Waals surface area contributed by atoms with Crippen LogP contribution in [-0.4, -0.2) is 43.9 Å². The minimum absolute atomic E-state index is 0.0919. The van der Waals surface area contributed by atoms with Gasteiger partial charge in [-0.25, -0.2) is 4.79 Å². The molecule has 4 N–H and O–H groups in total. The molecule has 86 valence electrons. The molecule has 0 unspecified atom stereocenters. The third-order valence-electron chi connectivity index (χ3n) is 1.82. The summed E-state index contributed by atoms with van der Waals surface area (Å²) in [5.41, 5.74) is -2.39. The van der Waals surface area contributed by atoms with Crippen molar-refractivity contribution >= 4 is 17.9 Å². The second-order valence-corrected chi connectivity index (χ2v) is 3.15. The van der Waals surface area contributed by atoms with Crippen LogP contribution in [0.5, 0.6) is 0 Å². The molecule has 0 aliphatic heterocycles. The van der Waals surface area contributed by atoms with Crippen molar-refractivity contribution in [3.8, 4) is 0 Å². The first-order valence-corrected chi connectivity index (χ1v) is 4.17. The maximum absolute atomic E-state index is 10.6. The van der Waals surface area contributed by atoms with Crippen LogP contribution in [0, 0.1) is 0 Å². The van der Waals surface area contributed by atoms with Gasteiger partial charge < -0.3 is 20.4 Å². The fourth-order valence-corrected chi connectivity index (χ4v) is 1.05. The summed E-state index contributed by atoms with van der Waals surface area (Å²) < 4.78 is 0. The summed E-state index contributed by atoms with van der Waals surface area (Å²) in [5.74, 6) is -4.23. The Bertz CT molecular complexity index is 272. The van der Waals surface area contributed by atoms with Gasteiger partial charge in [-0.15, -0.1) is 0 Å². The molecule has 7 nitrogen and oxygen atoms in total. The molecule has 0 radical (unpaired) electrons. The predicted molar refractivity (Wildman–Crippen MR) is 46.3 cm³/mol. The van der Waals surface area contributed by atoms with Gasteiger partial charge in [-0.05, 0) is 12.8 Å². The molecule has 0 saturated carbocycles.